The lowest BCUT2D eigenvalue weighted by atomic mass is 9.98. The van der Waals surface area contributed by atoms with Crippen LogP contribution in [0.2, 0.25) is 0 Å². The maximum Gasteiger partial charge on any atom is 0.128 e. The normalized spacial score (nSPS) is 15.5. The van der Waals surface area contributed by atoms with Gasteiger partial charge in [0, 0.05) is 11.8 Å². The molecule has 1 N–H and O–H groups in total. The fourth-order valence-electron chi connectivity index (χ4n) is 2.42. The Morgan fingerprint density at radius 3 is 3.05 bits per heavy atom. The van der Waals surface area contributed by atoms with E-state index >= 15 is 0 Å². The highest BCUT2D eigenvalue weighted by atomic mass is 16.5. The standard InChI is InChI=1S/C15H16N2O2/c1-10-16-8-7-13(17-10)14(18)12-6-2-4-11-5-3-9-19-15(11)12/h2,4,6-8,14,18H,3,5,9H2,1H3. The fourth-order valence-corrected chi connectivity index (χ4v) is 2.42. The van der Waals surface area contributed by atoms with Gasteiger partial charge in [-0.2, -0.15) is 0 Å². The number of benzene rings is 1. The molecule has 0 spiro atoms. The summed E-state index contributed by atoms with van der Waals surface area (Å²) in [5.41, 5.74) is 2.55. The molecule has 2 heterocycles. The van der Waals surface area contributed by atoms with E-state index in [1.165, 1.54) is 0 Å². The van der Waals surface area contributed by atoms with E-state index in [0.29, 0.717) is 18.1 Å². The molecule has 1 aliphatic rings. The SMILES string of the molecule is Cc1nccc(C(O)c2cccc3c2OCCC3)n1. The van der Waals surface area contributed by atoms with Gasteiger partial charge in [-0.05, 0) is 31.4 Å². The van der Waals surface area contributed by atoms with Gasteiger partial charge in [-0.1, -0.05) is 18.2 Å². The summed E-state index contributed by atoms with van der Waals surface area (Å²) >= 11 is 0. The lowest BCUT2D eigenvalue weighted by molar-refractivity contribution is 0.202. The fraction of sp³-hybridized carbons (Fsp3) is 0.333. The van der Waals surface area contributed by atoms with E-state index in [0.717, 1.165) is 29.7 Å². The molecule has 2 aromatic rings. The zero-order valence-corrected chi connectivity index (χ0v) is 10.8. The van der Waals surface area contributed by atoms with Gasteiger partial charge in [-0.25, -0.2) is 9.97 Å². The average molecular weight is 256 g/mol. The Morgan fingerprint density at radius 2 is 2.21 bits per heavy atom. The zero-order chi connectivity index (χ0) is 13.2. The van der Waals surface area contributed by atoms with Gasteiger partial charge in [0.1, 0.15) is 17.7 Å². The first-order valence-corrected chi connectivity index (χ1v) is 6.48. The third kappa shape index (κ3) is 2.31. The van der Waals surface area contributed by atoms with Gasteiger partial charge in [-0.15, -0.1) is 0 Å². The molecule has 4 nitrogen and oxygen atoms in total. The molecule has 1 unspecified atom stereocenters. The smallest absolute Gasteiger partial charge is 0.128 e. The van der Waals surface area contributed by atoms with Crippen molar-refractivity contribution in [2.24, 2.45) is 0 Å². The van der Waals surface area contributed by atoms with Crippen LogP contribution in [0.4, 0.5) is 0 Å². The van der Waals surface area contributed by atoms with Crippen molar-refractivity contribution in [2.75, 3.05) is 6.61 Å². The van der Waals surface area contributed by atoms with Gasteiger partial charge in [0.2, 0.25) is 0 Å². The number of aliphatic hydroxyl groups is 1. The number of hydrogen-bond acceptors (Lipinski definition) is 4. The summed E-state index contributed by atoms with van der Waals surface area (Å²) < 4.78 is 5.72. The number of ether oxygens (including phenoxy) is 1. The van der Waals surface area contributed by atoms with E-state index in [-0.39, 0.29) is 0 Å². The van der Waals surface area contributed by atoms with Crippen LogP contribution in [0.15, 0.2) is 30.5 Å². The minimum Gasteiger partial charge on any atom is -0.493 e. The molecular formula is C15H16N2O2. The van der Waals surface area contributed by atoms with Crippen LogP contribution in [-0.2, 0) is 6.42 Å². The Balaban J connectivity index is 2.02. The van der Waals surface area contributed by atoms with Crippen molar-refractivity contribution < 1.29 is 9.84 Å². The highest BCUT2D eigenvalue weighted by Crippen LogP contribution is 2.34. The van der Waals surface area contributed by atoms with Gasteiger partial charge in [0.25, 0.3) is 0 Å². The molecule has 0 fully saturated rings. The van der Waals surface area contributed by atoms with Crippen molar-refractivity contribution in [1.82, 2.24) is 9.97 Å². The first kappa shape index (κ1) is 12.1. The Bertz CT molecular complexity index is 598. The van der Waals surface area contributed by atoms with Gasteiger partial charge >= 0.3 is 0 Å². The number of nitrogens with zero attached hydrogens (tertiary/aromatic N) is 2. The maximum absolute atomic E-state index is 10.5. The molecule has 0 saturated carbocycles. The zero-order valence-electron chi connectivity index (χ0n) is 10.8. The lowest BCUT2D eigenvalue weighted by Crippen LogP contribution is -2.13. The number of para-hydroxylation sites is 1. The summed E-state index contributed by atoms with van der Waals surface area (Å²) in [5.74, 6) is 1.47. The number of aryl methyl sites for hydroxylation is 2. The predicted octanol–water partition coefficient (Wildman–Crippen LogP) is 2.19. The molecule has 1 atom stereocenters. The first-order chi connectivity index (χ1) is 9.25. The van der Waals surface area contributed by atoms with Gasteiger partial charge in [0.15, 0.2) is 0 Å². The van der Waals surface area contributed by atoms with Gasteiger partial charge in [0.05, 0.1) is 12.3 Å². The molecule has 1 aliphatic heterocycles. The summed E-state index contributed by atoms with van der Waals surface area (Å²) in [6.07, 6.45) is 2.92. The molecule has 3 rings (SSSR count). The summed E-state index contributed by atoms with van der Waals surface area (Å²) in [5, 5.41) is 10.5. The van der Waals surface area contributed by atoms with E-state index in [4.69, 9.17) is 4.74 Å². The number of hydrogen-bond donors (Lipinski definition) is 1. The molecule has 0 amide bonds. The van der Waals surface area contributed by atoms with E-state index in [1.54, 1.807) is 12.3 Å². The molecule has 0 saturated heterocycles. The number of aromatic nitrogens is 2. The second-order valence-corrected chi connectivity index (χ2v) is 4.72. The molecule has 0 bridgehead atoms. The Hall–Kier alpha value is -1.94. The van der Waals surface area contributed by atoms with Crippen molar-refractivity contribution in [1.29, 1.82) is 0 Å². The van der Waals surface area contributed by atoms with Crippen LogP contribution in [0, 0.1) is 6.92 Å². The Labute approximate surface area is 112 Å². The van der Waals surface area contributed by atoms with Crippen LogP contribution in [0.1, 0.15) is 35.2 Å². The molecule has 4 heteroatoms. The predicted molar refractivity (Wildman–Crippen MR) is 71.1 cm³/mol. The summed E-state index contributed by atoms with van der Waals surface area (Å²) in [6.45, 7) is 2.52. The third-order valence-corrected chi connectivity index (χ3v) is 3.34. The van der Waals surface area contributed by atoms with Gasteiger partial charge in [-0.3, -0.25) is 0 Å². The molecule has 1 aromatic carbocycles. The second-order valence-electron chi connectivity index (χ2n) is 4.72. The van der Waals surface area contributed by atoms with Crippen LogP contribution < -0.4 is 4.74 Å². The number of fused-ring (bicyclic) bond motifs is 1. The maximum atomic E-state index is 10.5. The molecule has 98 valence electrons. The van der Waals surface area contributed by atoms with Crippen LogP contribution in [0.5, 0.6) is 5.75 Å². The minimum absolute atomic E-state index is 0.607. The molecular weight excluding hydrogens is 240 g/mol. The van der Waals surface area contributed by atoms with Crippen molar-refractivity contribution in [3.63, 3.8) is 0 Å². The Morgan fingerprint density at radius 1 is 1.32 bits per heavy atom. The van der Waals surface area contributed by atoms with E-state index in [2.05, 4.69) is 16.0 Å². The molecule has 0 radical (unpaired) electrons. The largest absolute Gasteiger partial charge is 0.493 e. The van der Waals surface area contributed by atoms with Crippen LogP contribution in [-0.4, -0.2) is 21.7 Å². The lowest BCUT2D eigenvalue weighted by Gasteiger charge is -2.22. The molecule has 19 heavy (non-hydrogen) atoms. The van der Waals surface area contributed by atoms with E-state index in [1.807, 2.05) is 19.1 Å². The van der Waals surface area contributed by atoms with Crippen LogP contribution in [0.25, 0.3) is 0 Å². The number of aliphatic hydroxyl groups excluding tert-OH is 1. The summed E-state index contributed by atoms with van der Waals surface area (Å²) in [4.78, 5) is 8.33. The molecule has 1 aromatic heterocycles. The van der Waals surface area contributed by atoms with Crippen LogP contribution >= 0.6 is 0 Å². The second kappa shape index (κ2) is 4.97. The highest BCUT2D eigenvalue weighted by Gasteiger charge is 2.21. The summed E-state index contributed by atoms with van der Waals surface area (Å²) in [6, 6.07) is 7.64. The number of rotatable bonds is 2. The van der Waals surface area contributed by atoms with E-state index in [9.17, 15) is 5.11 Å². The summed E-state index contributed by atoms with van der Waals surface area (Å²) in [7, 11) is 0. The quantitative estimate of drug-likeness (QED) is 0.895. The highest BCUT2D eigenvalue weighted by molar-refractivity contribution is 5.46. The van der Waals surface area contributed by atoms with Crippen molar-refractivity contribution >= 4 is 0 Å². The third-order valence-electron chi connectivity index (χ3n) is 3.34. The van der Waals surface area contributed by atoms with Crippen molar-refractivity contribution in [3.8, 4) is 5.75 Å². The first-order valence-electron chi connectivity index (χ1n) is 6.48. The van der Waals surface area contributed by atoms with Gasteiger partial charge < -0.3 is 9.84 Å². The topological polar surface area (TPSA) is 55.2 Å². The van der Waals surface area contributed by atoms with Crippen molar-refractivity contribution in [3.05, 3.63) is 53.1 Å². The van der Waals surface area contributed by atoms with E-state index < -0.39 is 6.10 Å². The average Bonchev–Trinajstić information content (AvgIpc) is 2.46. The van der Waals surface area contributed by atoms with Crippen molar-refractivity contribution in [2.45, 2.75) is 25.9 Å². The van der Waals surface area contributed by atoms with Crippen LogP contribution in [0.3, 0.4) is 0 Å². The minimum atomic E-state index is -0.769. The molecule has 0 aliphatic carbocycles. The monoisotopic (exact) mass is 256 g/mol. The Kier molecular flexibility index (Phi) is 3.17.